The molecule has 2 aromatic rings. The van der Waals surface area contributed by atoms with Crippen LogP contribution in [0.15, 0.2) is 33.3 Å². The van der Waals surface area contributed by atoms with E-state index in [4.69, 9.17) is 15.0 Å². The molecule has 0 aliphatic heterocycles. The first kappa shape index (κ1) is 13.2. The van der Waals surface area contributed by atoms with Gasteiger partial charge in [0.25, 0.3) is 5.89 Å². The third-order valence-electron chi connectivity index (χ3n) is 2.25. The van der Waals surface area contributed by atoms with Gasteiger partial charge in [-0.15, -0.1) is 0 Å². The molecule has 0 radical (unpaired) electrons. The van der Waals surface area contributed by atoms with Gasteiger partial charge in [-0.3, -0.25) is 0 Å². The average molecular weight is 312 g/mol. The molecule has 0 saturated carbocycles. The zero-order valence-electron chi connectivity index (χ0n) is 9.80. The predicted molar refractivity (Wildman–Crippen MR) is 70.0 cm³/mol. The highest BCUT2D eigenvalue weighted by Crippen LogP contribution is 2.14. The lowest BCUT2D eigenvalue weighted by molar-refractivity contribution is 0.104. The van der Waals surface area contributed by atoms with Crippen LogP contribution in [0.5, 0.6) is 0 Å². The molecule has 2 N–H and O–H groups in total. The summed E-state index contributed by atoms with van der Waals surface area (Å²) in [4.78, 5) is 4.25. The van der Waals surface area contributed by atoms with Gasteiger partial charge in [0, 0.05) is 17.4 Å². The van der Waals surface area contributed by atoms with E-state index >= 15 is 0 Å². The summed E-state index contributed by atoms with van der Waals surface area (Å²) in [6.45, 7) is 1.28. The Kier molecular flexibility index (Phi) is 4.86. The Morgan fingerprint density at radius 1 is 1.39 bits per heavy atom. The summed E-state index contributed by atoms with van der Waals surface area (Å²) >= 11 is 3.43. The van der Waals surface area contributed by atoms with E-state index in [-0.39, 0.29) is 0 Å². The maximum Gasteiger partial charge on any atom is 0.252 e. The van der Waals surface area contributed by atoms with Gasteiger partial charge in [0.15, 0.2) is 5.82 Å². The van der Waals surface area contributed by atoms with Crippen LogP contribution in [0.3, 0.4) is 0 Å². The van der Waals surface area contributed by atoms with Crippen LogP contribution < -0.4 is 5.73 Å². The van der Waals surface area contributed by atoms with Crippen molar-refractivity contribution >= 4 is 15.9 Å². The maximum absolute atomic E-state index is 5.32. The molecule has 0 aliphatic carbocycles. The summed E-state index contributed by atoms with van der Waals surface area (Å²) in [5.74, 6) is 1.13. The molecule has 0 amide bonds. The van der Waals surface area contributed by atoms with Crippen LogP contribution in [0.2, 0.25) is 0 Å². The minimum Gasteiger partial charge on any atom is -0.370 e. The Morgan fingerprint density at radius 3 is 3.06 bits per heavy atom. The summed E-state index contributed by atoms with van der Waals surface area (Å²) in [5, 5.41) is 3.91. The molecule has 0 spiro atoms. The van der Waals surface area contributed by atoms with E-state index in [2.05, 4.69) is 26.1 Å². The van der Waals surface area contributed by atoms with Gasteiger partial charge in [0.05, 0.1) is 6.61 Å². The fourth-order valence-electron chi connectivity index (χ4n) is 1.49. The van der Waals surface area contributed by atoms with E-state index in [0.717, 1.165) is 10.0 Å². The molecule has 1 heterocycles. The molecule has 0 saturated heterocycles. The average Bonchev–Trinajstić information content (AvgIpc) is 2.77. The molecule has 96 valence electrons. The molecular weight excluding hydrogens is 298 g/mol. The van der Waals surface area contributed by atoms with Crippen LogP contribution >= 0.6 is 15.9 Å². The minimum absolute atomic E-state index is 0.308. The van der Waals surface area contributed by atoms with Crippen molar-refractivity contribution in [1.29, 1.82) is 0 Å². The minimum atomic E-state index is 0.308. The second-order valence-corrected chi connectivity index (χ2v) is 4.67. The summed E-state index contributed by atoms with van der Waals surface area (Å²) in [5.41, 5.74) is 6.44. The summed E-state index contributed by atoms with van der Waals surface area (Å²) in [7, 11) is 0. The predicted octanol–water partition coefficient (Wildman–Crippen LogP) is 1.90. The third kappa shape index (κ3) is 3.90. The van der Waals surface area contributed by atoms with E-state index in [1.807, 2.05) is 24.3 Å². The molecule has 1 aromatic carbocycles. The highest BCUT2D eigenvalue weighted by molar-refractivity contribution is 9.10. The second kappa shape index (κ2) is 6.63. The monoisotopic (exact) mass is 311 g/mol. The van der Waals surface area contributed by atoms with Gasteiger partial charge >= 0.3 is 0 Å². The number of rotatable bonds is 6. The van der Waals surface area contributed by atoms with Gasteiger partial charge in [-0.1, -0.05) is 33.2 Å². The number of hydrogen-bond donors (Lipinski definition) is 1. The van der Waals surface area contributed by atoms with Crippen LogP contribution in [0, 0.1) is 0 Å². The zero-order valence-corrected chi connectivity index (χ0v) is 11.4. The number of hydrogen-bond acceptors (Lipinski definition) is 5. The normalized spacial score (nSPS) is 10.8. The van der Waals surface area contributed by atoms with Crippen molar-refractivity contribution in [2.75, 3.05) is 13.2 Å². The molecule has 0 aliphatic rings. The number of halogens is 1. The molecule has 18 heavy (non-hydrogen) atoms. The van der Waals surface area contributed by atoms with E-state index in [1.54, 1.807) is 0 Å². The van der Waals surface area contributed by atoms with Gasteiger partial charge in [-0.2, -0.15) is 4.98 Å². The van der Waals surface area contributed by atoms with E-state index < -0.39 is 0 Å². The highest BCUT2D eigenvalue weighted by atomic mass is 79.9. The van der Waals surface area contributed by atoms with E-state index in [1.165, 1.54) is 0 Å². The number of benzene rings is 1. The number of nitrogens with zero attached hydrogens (tertiary/aromatic N) is 2. The first-order valence-corrected chi connectivity index (χ1v) is 6.41. The molecule has 1 aromatic heterocycles. The van der Waals surface area contributed by atoms with Crippen molar-refractivity contribution in [2.45, 2.75) is 13.0 Å². The van der Waals surface area contributed by atoms with Gasteiger partial charge in [0.1, 0.15) is 6.61 Å². The van der Waals surface area contributed by atoms with Gasteiger partial charge < -0.3 is 15.0 Å². The van der Waals surface area contributed by atoms with Gasteiger partial charge in [-0.05, 0) is 17.7 Å². The molecule has 2 rings (SSSR count). The second-order valence-electron chi connectivity index (χ2n) is 3.75. The first-order valence-electron chi connectivity index (χ1n) is 5.61. The molecule has 0 fully saturated rings. The smallest absolute Gasteiger partial charge is 0.252 e. The van der Waals surface area contributed by atoms with Crippen LogP contribution in [0.1, 0.15) is 17.3 Å². The zero-order chi connectivity index (χ0) is 12.8. The van der Waals surface area contributed by atoms with Crippen LogP contribution in [-0.4, -0.2) is 23.3 Å². The molecule has 0 bridgehead atoms. The van der Waals surface area contributed by atoms with Crippen molar-refractivity contribution in [3.05, 3.63) is 46.0 Å². The standard InChI is InChI=1S/C12H14BrN3O2/c13-10-3-1-2-9(6-10)7-11-15-12(18-16-11)8-17-5-4-14/h1-3,6H,4-5,7-8,14H2. The number of nitrogens with two attached hydrogens (primary N) is 1. The van der Waals surface area contributed by atoms with Crippen molar-refractivity contribution in [3.8, 4) is 0 Å². The SMILES string of the molecule is NCCOCc1nc(Cc2cccc(Br)c2)no1. The number of ether oxygens (including phenoxy) is 1. The first-order chi connectivity index (χ1) is 8.78. The third-order valence-corrected chi connectivity index (χ3v) is 2.74. The Balaban J connectivity index is 1.94. The molecule has 0 unspecified atom stereocenters. The van der Waals surface area contributed by atoms with Crippen LogP contribution in [-0.2, 0) is 17.8 Å². The fourth-order valence-corrected chi connectivity index (χ4v) is 1.94. The summed E-state index contributed by atoms with van der Waals surface area (Å²) in [6.07, 6.45) is 0.639. The van der Waals surface area contributed by atoms with Gasteiger partial charge in [-0.25, -0.2) is 0 Å². The van der Waals surface area contributed by atoms with E-state index in [0.29, 0.717) is 37.9 Å². The Labute approximate surface area is 113 Å². The van der Waals surface area contributed by atoms with Crippen molar-refractivity contribution in [3.63, 3.8) is 0 Å². The molecule has 6 heteroatoms. The Bertz CT molecular complexity index is 502. The van der Waals surface area contributed by atoms with Crippen molar-refractivity contribution in [1.82, 2.24) is 10.1 Å². The lowest BCUT2D eigenvalue weighted by Gasteiger charge is -1.97. The molecule has 5 nitrogen and oxygen atoms in total. The van der Waals surface area contributed by atoms with Crippen LogP contribution in [0.25, 0.3) is 0 Å². The highest BCUT2D eigenvalue weighted by Gasteiger charge is 2.07. The molecular formula is C12H14BrN3O2. The van der Waals surface area contributed by atoms with E-state index in [9.17, 15) is 0 Å². The summed E-state index contributed by atoms with van der Waals surface area (Å²) < 4.78 is 11.3. The maximum atomic E-state index is 5.32. The largest absolute Gasteiger partial charge is 0.370 e. The lowest BCUT2D eigenvalue weighted by atomic mass is 10.1. The lowest BCUT2D eigenvalue weighted by Crippen LogP contribution is -2.08. The number of aromatic nitrogens is 2. The fraction of sp³-hybridized carbons (Fsp3) is 0.333. The quantitative estimate of drug-likeness (QED) is 0.825. The van der Waals surface area contributed by atoms with Crippen molar-refractivity contribution in [2.24, 2.45) is 5.73 Å². The van der Waals surface area contributed by atoms with Crippen LogP contribution in [0.4, 0.5) is 0 Å². The topological polar surface area (TPSA) is 74.2 Å². The molecule has 0 atom stereocenters. The Morgan fingerprint density at radius 2 is 2.28 bits per heavy atom. The van der Waals surface area contributed by atoms with Crippen molar-refractivity contribution < 1.29 is 9.26 Å². The van der Waals surface area contributed by atoms with Gasteiger partial charge in [0.2, 0.25) is 0 Å². The summed E-state index contributed by atoms with van der Waals surface area (Å²) in [6, 6.07) is 8.00. The Hall–Kier alpha value is -1.24.